The number of hydrogen-bond donors (Lipinski definition) is 1. The molecule has 0 amide bonds. The maximum absolute atomic E-state index is 6.21. The Labute approximate surface area is 146 Å². The lowest BCUT2D eigenvalue weighted by Crippen LogP contribution is -2.22. The highest BCUT2D eigenvalue weighted by atomic mass is 79.9. The minimum atomic E-state index is 0.181. The van der Waals surface area contributed by atoms with Crippen molar-refractivity contribution in [2.24, 2.45) is 0 Å². The number of benzene rings is 1. The van der Waals surface area contributed by atoms with Gasteiger partial charge in [-0.1, -0.05) is 24.6 Å². The predicted octanol–water partition coefficient (Wildman–Crippen LogP) is 6.32. The van der Waals surface area contributed by atoms with E-state index < -0.39 is 0 Å². The average molecular weight is 438 g/mol. The summed E-state index contributed by atoms with van der Waals surface area (Å²) in [6.07, 6.45) is 1.10. The number of rotatable bonds is 5. The number of aryl methyl sites for hydroxylation is 1. The molecule has 0 saturated carbocycles. The normalized spacial score (nSPS) is 12.7. The molecule has 1 aromatic carbocycles. The zero-order valence-electron chi connectivity index (χ0n) is 11.3. The van der Waals surface area contributed by atoms with Gasteiger partial charge in [0, 0.05) is 14.4 Å². The van der Waals surface area contributed by atoms with Crippen LogP contribution in [0.5, 0.6) is 0 Å². The first-order valence-corrected chi connectivity index (χ1v) is 9.24. The first-order chi connectivity index (χ1) is 9.51. The fourth-order valence-corrected chi connectivity index (χ4v) is 4.60. The van der Waals surface area contributed by atoms with E-state index in [4.69, 9.17) is 11.6 Å². The zero-order chi connectivity index (χ0) is 14.7. The van der Waals surface area contributed by atoms with Gasteiger partial charge in [0.2, 0.25) is 0 Å². The molecule has 0 aliphatic heterocycles. The molecule has 0 aliphatic rings. The van der Waals surface area contributed by atoms with Crippen LogP contribution < -0.4 is 5.32 Å². The molecular weight excluding hydrogens is 422 g/mol. The Bertz CT molecular complexity index is 558. The van der Waals surface area contributed by atoms with Crippen LogP contribution in [-0.2, 0) is 0 Å². The SMILES string of the molecule is CCCNC(c1cc(C)cc(Cl)c1)c1cc(Br)c(Br)s1. The van der Waals surface area contributed by atoms with Crippen LogP contribution in [0.1, 0.15) is 35.4 Å². The number of hydrogen-bond acceptors (Lipinski definition) is 2. The third-order valence-corrected chi connectivity index (χ3v) is 6.48. The fraction of sp³-hybridized carbons (Fsp3) is 0.333. The van der Waals surface area contributed by atoms with E-state index in [1.54, 1.807) is 11.3 Å². The Morgan fingerprint density at radius 3 is 2.55 bits per heavy atom. The molecule has 2 rings (SSSR count). The van der Waals surface area contributed by atoms with Gasteiger partial charge in [-0.25, -0.2) is 0 Å². The number of halogens is 3. The largest absolute Gasteiger partial charge is 0.306 e. The van der Waals surface area contributed by atoms with Gasteiger partial charge in [-0.15, -0.1) is 11.3 Å². The van der Waals surface area contributed by atoms with Crippen molar-refractivity contribution >= 4 is 54.8 Å². The van der Waals surface area contributed by atoms with E-state index in [1.807, 2.05) is 12.1 Å². The lowest BCUT2D eigenvalue weighted by molar-refractivity contribution is 0.605. The highest BCUT2D eigenvalue weighted by Gasteiger charge is 2.18. The van der Waals surface area contributed by atoms with Gasteiger partial charge in [-0.3, -0.25) is 0 Å². The molecule has 1 atom stereocenters. The van der Waals surface area contributed by atoms with Crippen LogP contribution in [0, 0.1) is 6.92 Å². The summed E-state index contributed by atoms with van der Waals surface area (Å²) in [6.45, 7) is 5.23. The van der Waals surface area contributed by atoms with Crippen LogP contribution in [0.2, 0.25) is 5.02 Å². The molecule has 0 bridgehead atoms. The molecule has 0 fully saturated rings. The van der Waals surface area contributed by atoms with Crippen molar-refractivity contribution in [3.8, 4) is 0 Å². The number of nitrogens with one attached hydrogen (secondary N) is 1. The summed E-state index contributed by atoms with van der Waals surface area (Å²) in [5, 5.41) is 4.40. The van der Waals surface area contributed by atoms with Gasteiger partial charge in [0.1, 0.15) is 0 Å². The topological polar surface area (TPSA) is 12.0 Å². The van der Waals surface area contributed by atoms with Gasteiger partial charge in [0.05, 0.1) is 9.83 Å². The molecule has 1 N–H and O–H groups in total. The van der Waals surface area contributed by atoms with Gasteiger partial charge in [0.15, 0.2) is 0 Å². The Morgan fingerprint density at radius 1 is 1.25 bits per heavy atom. The molecule has 2 aromatic rings. The molecular formula is C15H16Br2ClNS. The van der Waals surface area contributed by atoms with Crippen LogP contribution in [0.15, 0.2) is 32.5 Å². The first kappa shape index (κ1) is 16.5. The van der Waals surface area contributed by atoms with Gasteiger partial charge in [0.25, 0.3) is 0 Å². The molecule has 1 aromatic heterocycles. The van der Waals surface area contributed by atoms with Gasteiger partial charge in [-0.2, -0.15) is 0 Å². The van der Waals surface area contributed by atoms with Crippen molar-refractivity contribution in [2.45, 2.75) is 26.3 Å². The molecule has 108 valence electrons. The maximum atomic E-state index is 6.21. The van der Waals surface area contributed by atoms with E-state index >= 15 is 0 Å². The van der Waals surface area contributed by atoms with Crippen molar-refractivity contribution in [2.75, 3.05) is 6.54 Å². The number of thiophene rings is 1. The Balaban J connectivity index is 2.40. The van der Waals surface area contributed by atoms with Crippen molar-refractivity contribution in [3.05, 3.63) is 53.6 Å². The smallest absolute Gasteiger partial charge is 0.0843 e. The van der Waals surface area contributed by atoms with Crippen LogP contribution >= 0.6 is 54.8 Å². The highest BCUT2D eigenvalue weighted by molar-refractivity contribution is 9.13. The zero-order valence-corrected chi connectivity index (χ0v) is 16.1. The lowest BCUT2D eigenvalue weighted by Gasteiger charge is -2.18. The minimum Gasteiger partial charge on any atom is -0.306 e. The average Bonchev–Trinajstić information content (AvgIpc) is 2.69. The van der Waals surface area contributed by atoms with E-state index in [9.17, 15) is 0 Å². The van der Waals surface area contributed by atoms with E-state index in [-0.39, 0.29) is 6.04 Å². The quantitative estimate of drug-likeness (QED) is 0.577. The molecule has 0 aliphatic carbocycles. The molecule has 0 spiro atoms. The summed E-state index contributed by atoms with van der Waals surface area (Å²) in [5.41, 5.74) is 2.40. The Kier molecular flexibility index (Phi) is 6.11. The van der Waals surface area contributed by atoms with E-state index in [2.05, 4.69) is 63.2 Å². The standard InChI is InChI=1S/C15H16Br2ClNS/c1-3-4-19-14(13-8-12(16)15(17)20-13)10-5-9(2)6-11(18)7-10/h5-8,14,19H,3-4H2,1-2H3. The minimum absolute atomic E-state index is 0.181. The second kappa shape index (κ2) is 7.41. The van der Waals surface area contributed by atoms with Crippen LogP contribution in [0.25, 0.3) is 0 Å². The Morgan fingerprint density at radius 2 is 2.00 bits per heavy atom. The van der Waals surface area contributed by atoms with Crippen molar-refractivity contribution < 1.29 is 0 Å². The third-order valence-electron chi connectivity index (χ3n) is 2.94. The molecule has 0 saturated heterocycles. The molecule has 0 radical (unpaired) electrons. The van der Waals surface area contributed by atoms with E-state index in [1.165, 1.54) is 16.0 Å². The van der Waals surface area contributed by atoms with Crippen molar-refractivity contribution in [1.29, 1.82) is 0 Å². The molecule has 20 heavy (non-hydrogen) atoms. The van der Waals surface area contributed by atoms with Gasteiger partial charge in [-0.05, 0) is 81.1 Å². The summed E-state index contributed by atoms with van der Waals surface area (Å²) in [5.74, 6) is 0. The van der Waals surface area contributed by atoms with Crippen molar-refractivity contribution in [3.63, 3.8) is 0 Å². The summed E-state index contributed by atoms with van der Waals surface area (Å²) in [4.78, 5) is 1.28. The lowest BCUT2D eigenvalue weighted by atomic mass is 10.0. The van der Waals surface area contributed by atoms with Gasteiger partial charge >= 0.3 is 0 Å². The summed E-state index contributed by atoms with van der Waals surface area (Å²) in [7, 11) is 0. The maximum Gasteiger partial charge on any atom is 0.0843 e. The molecule has 1 nitrogen and oxygen atoms in total. The van der Waals surface area contributed by atoms with Gasteiger partial charge < -0.3 is 5.32 Å². The van der Waals surface area contributed by atoms with Crippen molar-refractivity contribution in [1.82, 2.24) is 5.32 Å². The third kappa shape index (κ3) is 4.08. The second-order valence-corrected chi connectivity index (χ2v) is 8.41. The predicted molar refractivity (Wildman–Crippen MR) is 96.0 cm³/mol. The summed E-state index contributed by atoms with van der Waals surface area (Å²) in [6, 6.07) is 8.57. The first-order valence-electron chi connectivity index (χ1n) is 6.46. The summed E-state index contributed by atoms with van der Waals surface area (Å²) < 4.78 is 2.22. The molecule has 1 heterocycles. The monoisotopic (exact) mass is 435 g/mol. The second-order valence-electron chi connectivity index (χ2n) is 4.72. The van der Waals surface area contributed by atoms with Crippen LogP contribution in [-0.4, -0.2) is 6.54 Å². The van der Waals surface area contributed by atoms with E-state index in [0.29, 0.717) is 0 Å². The van der Waals surface area contributed by atoms with Crippen LogP contribution in [0.3, 0.4) is 0 Å². The van der Waals surface area contributed by atoms with Crippen LogP contribution in [0.4, 0.5) is 0 Å². The summed E-state index contributed by atoms with van der Waals surface area (Å²) >= 11 is 15.1. The fourth-order valence-electron chi connectivity index (χ4n) is 2.11. The molecule has 1 unspecified atom stereocenters. The van der Waals surface area contributed by atoms with E-state index in [0.717, 1.165) is 26.2 Å². The Hall–Kier alpha value is 0.130. The molecule has 5 heteroatoms. The highest BCUT2D eigenvalue weighted by Crippen LogP contribution is 2.38.